The van der Waals surface area contributed by atoms with E-state index in [4.69, 9.17) is 0 Å². The molecule has 14 heavy (non-hydrogen) atoms. The Bertz CT molecular complexity index is 291. The summed E-state index contributed by atoms with van der Waals surface area (Å²) in [5.41, 5.74) is 1.27. The minimum absolute atomic E-state index is 0.653. The van der Waals surface area contributed by atoms with Gasteiger partial charge < -0.3 is 0 Å². The number of hydrogen-bond acceptors (Lipinski definition) is 0. The Balaban J connectivity index is 2.35. The van der Waals surface area contributed by atoms with Crippen LogP contribution in [0.3, 0.4) is 0 Å². The molecule has 0 saturated heterocycles. The average Bonchev–Trinajstić information content (AvgIpc) is 2.18. The Morgan fingerprint density at radius 2 is 1.79 bits per heavy atom. The quantitative estimate of drug-likeness (QED) is 0.615. The van der Waals surface area contributed by atoms with Crippen LogP contribution < -0.4 is 0 Å². The molecule has 1 rings (SSSR count). The van der Waals surface area contributed by atoms with Crippen molar-refractivity contribution in [3.8, 4) is 0 Å². The molecule has 0 aliphatic carbocycles. The van der Waals surface area contributed by atoms with Crippen LogP contribution in [-0.2, 0) is 0 Å². The van der Waals surface area contributed by atoms with Gasteiger partial charge in [0.1, 0.15) is 0 Å². The summed E-state index contributed by atoms with van der Waals surface area (Å²) >= 11 is 0. The van der Waals surface area contributed by atoms with Crippen LogP contribution in [0.2, 0.25) is 0 Å². The minimum atomic E-state index is 0.653. The molecule has 1 aromatic carbocycles. The van der Waals surface area contributed by atoms with Crippen molar-refractivity contribution in [3.05, 3.63) is 54.1 Å². The standard InChI is InChI=1S/C14H18/c1-13(2)9-5-3-6-10-14-11-7-4-8-12-14/h4-13H,3H2,1-2H3/b9-5-,10-6+. The van der Waals surface area contributed by atoms with E-state index in [0.717, 1.165) is 6.42 Å². The molecule has 0 aliphatic heterocycles. The molecule has 0 aliphatic rings. The van der Waals surface area contributed by atoms with Crippen LogP contribution in [0, 0.1) is 5.92 Å². The van der Waals surface area contributed by atoms with Crippen molar-refractivity contribution in [2.45, 2.75) is 20.3 Å². The average molecular weight is 186 g/mol. The molecule has 0 spiro atoms. The first kappa shape index (κ1) is 10.8. The second kappa shape index (κ2) is 6.20. The van der Waals surface area contributed by atoms with Gasteiger partial charge in [-0.1, -0.05) is 68.5 Å². The molecule has 1 aromatic rings. The molecule has 0 radical (unpaired) electrons. The molecule has 0 unspecified atom stereocenters. The molecule has 0 aromatic heterocycles. The van der Waals surface area contributed by atoms with Gasteiger partial charge in [0.05, 0.1) is 0 Å². The Morgan fingerprint density at radius 1 is 1.07 bits per heavy atom. The summed E-state index contributed by atoms with van der Waals surface area (Å²) in [5, 5.41) is 0. The maximum Gasteiger partial charge on any atom is -0.0166 e. The molecule has 0 atom stereocenters. The van der Waals surface area contributed by atoms with Gasteiger partial charge in [-0.15, -0.1) is 0 Å². The van der Waals surface area contributed by atoms with Gasteiger partial charge in [-0.25, -0.2) is 0 Å². The Labute approximate surface area is 87.0 Å². The van der Waals surface area contributed by atoms with Crippen LogP contribution in [-0.4, -0.2) is 0 Å². The van der Waals surface area contributed by atoms with Crippen molar-refractivity contribution in [2.24, 2.45) is 5.92 Å². The van der Waals surface area contributed by atoms with Crippen molar-refractivity contribution in [1.82, 2.24) is 0 Å². The lowest BCUT2D eigenvalue weighted by Crippen LogP contribution is -1.75. The zero-order chi connectivity index (χ0) is 10.2. The van der Waals surface area contributed by atoms with Crippen molar-refractivity contribution >= 4 is 6.08 Å². The summed E-state index contributed by atoms with van der Waals surface area (Å²) in [6, 6.07) is 10.4. The minimum Gasteiger partial charge on any atom is -0.0857 e. The Morgan fingerprint density at radius 3 is 2.43 bits per heavy atom. The highest BCUT2D eigenvalue weighted by Crippen LogP contribution is 2.02. The highest BCUT2D eigenvalue weighted by Gasteiger charge is 1.82. The Kier molecular flexibility index (Phi) is 4.77. The fourth-order valence-electron chi connectivity index (χ4n) is 1.20. The normalized spacial score (nSPS) is 11.9. The largest absolute Gasteiger partial charge is 0.0857 e. The number of benzene rings is 1. The lowest BCUT2D eigenvalue weighted by molar-refractivity contribution is 0.828. The second-order valence-electron chi connectivity index (χ2n) is 3.72. The van der Waals surface area contributed by atoms with Gasteiger partial charge in [-0.2, -0.15) is 0 Å². The van der Waals surface area contributed by atoms with E-state index in [2.05, 4.69) is 62.4 Å². The highest BCUT2D eigenvalue weighted by atomic mass is 13.9. The lowest BCUT2D eigenvalue weighted by atomic mass is 10.1. The third-order valence-corrected chi connectivity index (χ3v) is 1.90. The first-order chi connectivity index (χ1) is 6.79. The Hall–Kier alpha value is -1.30. The smallest absolute Gasteiger partial charge is 0.0166 e. The van der Waals surface area contributed by atoms with Crippen molar-refractivity contribution in [3.63, 3.8) is 0 Å². The summed E-state index contributed by atoms with van der Waals surface area (Å²) < 4.78 is 0. The molecule has 0 saturated carbocycles. The third-order valence-electron chi connectivity index (χ3n) is 1.90. The summed E-state index contributed by atoms with van der Waals surface area (Å²) in [6.07, 6.45) is 9.81. The van der Waals surface area contributed by atoms with Gasteiger partial charge >= 0.3 is 0 Å². The molecule has 0 heteroatoms. The van der Waals surface area contributed by atoms with Crippen LogP contribution in [0.15, 0.2) is 48.6 Å². The van der Waals surface area contributed by atoms with E-state index in [1.165, 1.54) is 5.56 Å². The summed E-state index contributed by atoms with van der Waals surface area (Å²) in [6.45, 7) is 4.38. The highest BCUT2D eigenvalue weighted by molar-refractivity contribution is 5.48. The van der Waals surface area contributed by atoms with E-state index in [-0.39, 0.29) is 0 Å². The topological polar surface area (TPSA) is 0 Å². The number of rotatable bonds is 4. The molecule has 0 N–H and O–H groups in total. The fourth-order valence-corrected chi connectivity index (χ4v) is 1.20. The molecule has 0 fully saturated rings. The van der Waals surface area contributed by atoms with E-state index in [0.29, 0.717) is 5.92 Å². The fraction of sp³-hybridized carbons (Fsp3) is 0.286. The van der Waals surface area contributed by atoms with Gasteiger partial charge in [0.2, 0.25) is 0 Å². The van der Waals surface area contributed by atoms with Crippen LogP contribution in [0.25, 0.3) is 6.08 Å². The summed E-state index contributed by atoms with van der Waals surface area (Å²) in [7, 11) is 0. The third kappa shape index (κ3) is 4.66. The van der Waals surface area contributed by atoms with E-state index in [1.54, 1.807) is 0 Å². The maximum absolute atomic E-state index is 2.23. The van der Waals surface area contributed by atoms with Gasteiger partial charge in [-0.3, -0.25) is 0 Å². The van der Waals surface area contributed by atoms with Gasteiger partial charge in [-0.05, 0) is 17.9 Å². The van der Waals surface area contributed by atoms with Crippen molar-refractivity contribution in [1.29, 1.82) is 0 Å². The molecule has 74 valence electrons. The van der Waals surface area contributed by atoms with Crippen LogP contribution in [0.5, 0.6) is 0 Å². The molecule has 0 heterocycles. The molecular formula is C14H18. The summed E-state index contributed by atoms with van der Waals surface area (Å²) in [4.78, 5) is 0. The zero-order valence-electron chi connectivity index (χ0n) is 8.98. The molecular weight excluding hydrogens is 168 g/mol. The maximum atomic E-state index is 2.23. The molecule has 0 nitrogen and oxygen atoms in total. The second-order valence-corrected chi connectivity index (χ2v) is 3.72. The number of hydrogen-bond donors (Lipinski definition) is 0. The lowest BCUT2D eigenvalue weighted by Gasteiger charge is -1.92. The monoisotopic (exact) mass is 186 g/mol. The van der Waals surface area contributed by atoms with E-state index in [1.807, 2.05) is 6.07 Å². The van der Waals surface area contributed by atoms with Crippen molar-refractivity contribution in [2.75, 3.05) is 0 Å². The molecule has 0 amide bonds. The van der Waals surface area contributed by atoms with E-state index < -0.39 is 0 Å². The predicted molar refractivity (Wildman–Crippen MR) is 64.1 cm³/mol. The molecule has 0 bridgehead atoms. The zero-order valence-corrected chi connectivity index (χ0v) is 8.98. The van der Waals surface area contributed by atoms with E-state index in [9.17, 15) is 0 Å². The first-order valence-corrected chi connectivity index (χ1v) is 5.17. The number of allylic oxidation sites excluding steroid dienone is 3. The van der Waals surface area contributed by atoms with Gasteiger partial charge in [0.15, 0.2) is 0 Å². The van der Waals surface area contributed by atoms with E-state index >= 15 is 0 Å². The summed E-state index contributed by atoms with van der Waals surface area (Å²) in [5.74, 6) is 0.653. The van der Waals surface area contributed by atoms with Gasteiger partial charge in [0.25, 0.3) is 0 Å². The van der Waals surface area contributed by atoms with Gasteiger partial charge in [0, 0.05) is 0 Å². The first-order valence-electron chi connectivity index (χ1n) is 5.17. The van der Waals surface area contributed by atoms with Crippen LogP contribution >= 0.6 is 0 Å². The van der Waals surface area contributed by atoms with Crippen molar-refractivity contribution < 1.29 is 0 Å². The predicted octanol–water partition coefficient (Wildman–Crippen LogP) is 4.30. The van der Waals surface area contributed by atoms with Crippen LogP contribution in [0.4, 0.5) is 0 Å². The van der Waals surface area contributed by atoms with Crippen LogP contribution in [0.1, 0.15) is 25.8 Å². The SMILES string of the molecule is CC(C)/C=C\C/C=C/c1ccccc1.